The van der Waals surface area contributed by atoms with E-state index in [-0.39, 0.29) is 13.0 Å². The van der Waals surface area contributed by atoms with Crippen LogP contribution in [0.2, 0.25) is 5.02 Å². The zero-order chi connectivity index (χ0) is 12.2. The fourth-order valence-electron chi connectivity index (χ4n) is 1.36. The molecule has 0 bridgehead atoms. The number of hydrogen-bond acceptors (Lipinski definition) is 3. The van der Waals surface area contributed by atoms with Crippen LogP contribution in [-0.2, 0) is 16.0 Å². The Balaban J connectivity index is 2.72. The summed E-state index contributed by atoms with van der Waals surface area (Å²) in [5.74, 6) is -0.607. The van der Waals surface area contributed by atoms with Gasteiger partial charge in [-0.1, -0.05) is 23.7 Å². The smallest absolute Gasteiger partial charge is 0.338 e. The van der Waals surface area contributed by atoms with Crippen LogP contribution in [0.1, 0.15) is 19.4 Å². The standard InChI is InChI=1S/C12H15ClO3/c1-3-16-11(14)12(2,15)8-9-4-6-10(13)7-5-9/h4-7,15H,3,8H2,1-2H3/t12-/m0/s1. The van der Waals surface area contributed by atoms with Crippen molar-refractivity contribution in [1.29, 1.82) is 0 Å². The first kappa shape index (κ1) is 13.0. The summed E-state index contributed by atoms with van der Waals surface area (Å²) in [4.78, 5) is 11.4. The lowest BCUT2D eigenvalue weighted by Gasteiger charge is -2.20. The van der Waals surface area contributed by atoms with Crippen molar-refractivity contribution in [3.63, 3.8) is 0 Å². The number of rotatable bonds is 4. The molecule has 1 atom stereocenters. The predicted octanol–water partition coefficient (Wildman–Crippen LogP) is 2.20. The highest BCUT2D eigenvalue weighted by atomic mass is 35.5. The summed E-state index contributed by atoms with van der Waals surface area (Å²) in [6.45, 7) is 3.41. The summed E-state index contributed by atoms with van der Waals surface area (Å²) in [7, 11) is 0. The van der Waals surface area contributed by atoms with Crippen LogP contribution >= 0.6 is 11.6 Å². The van der Waals surface area contributed by atoms with Gasteiger partial charge in [-0.2, -0.15) is 0 Å². The molecule has 1 aromatic rings. The van der Waals surface area contributed by atoms with Gasteiger partial charge in [-0.3, -0.25) is 0 Å². The Labute approximate surface area is 100.0 Å². The van der Waals surface area contributed by atoms with Gasteiger partial charge in [-0.25, -0.2) is 4.79 Å². The summed E-state index contributed by atoms with van der Waals surface area (Å²) >= 11 is 5.74. The Morgan fingerprint density at radius 2 is 2.00 bits per heavy atom. The molecule has 0 radical (unpaired) electrons. The number of hydrogen-bond donors (Lipinski definition) is 1. The molecule has 0 aliphatic heterocycles. The van der Waals surface area contributed by atoms with Crippen molar-refractivity contribution in [1.82, 2.24) is 0 Å². The third kappa shape index (κ3) is 3.51. The lowest BCUT2D eigenvalue weighted by atomic mass is 9.97. The zero-order valence-electron chi connectivity index (χ0n) is 9.37. The fraction of sp³-hybridized carbons (Fsp3) is 0.417. The lowest BCUT2D eigenvalue weighted by molar-refractivity contribution is -0.162. The number of ether oxygens (including phenoxy) is 1. The third-order valence-corrected chi connectivity index (χ3v) is 2.43. The second-order valence-electron chi connectivity index (χ2n) is 3.80. The van der Waals surface area contributed by atoms with Gasteiger partial charge in [-0.05, 0) is 31.5 Å². The van der Waals surface area contributed by atoms with E-state index in [1.807, 2.05) is 0 Å². The molecular formula is C12H15ClO3. The maximum absolute atomic E-state index is 11.4. The van der Waals surface area contributed by atoms with Crippen molar-refractivity contribution in [3.05, 3.63) is 34.9 Å². The normalized spacial score (nSPS) is 14.2. The second kappa shape index (κ2) is 5.32. The van der Waals surface area contributed by atoms with Crippen molar-refractivity contribution < 1.29 is 14.6 Å². The Morgan fingerprint density at radius 1 is 1.44 bits per heavy atom. The summed E-state index contributed by atoms with van der Waals surface area (Å²) in [5.41, 5.74) is -0.661. The first-order valence-electron chi connectivity index (χ1n) is 5.10. The van der Waals surface area contributed by atoms with Crippen molar-refractivity contribution in [2.45, 2.75) is 25.9 Å². The molecule has 0 aliphatic carbocycles. The van der Waals surface area contributed by atoms with E-state index in [1.54, 1.807) is 31.2 Å². The maximum atomic E-state index is 11.4. The van der Waals surface area contributed by atoms with Gasteiger partial charge in [0.2, 0.25) is 0 Å². The molecule has 0 saturated carbocycles. The quantitative estimate of drug-likeness (QED) is 0.824. The second-order valence-corrected chi connectivity index (χ2v) is 4.23. The SMILES string of the molecule is CCOC(=O)[C@@](C)(O)Cc1ccc(Cl)cc1. The molecule has 0 amide bonds. The van der Waals surface area contributed by atoms with E-state index in [2.05, 4.69) is 0 Å². The van der Waals surface area contributed by atoms with Crippen LogP contribution in [0.4, 0.5) is 0 Å². The van der Waals surface area contributed by atoms with Gasteiger partial charge in [0.25, 0.3) is 0 Å². The summed E-state index contributed by atoms with van der Waals surface area (Å²) in [6, 6.07) is 6.99. The van der Waals surface area contributed by atoms with E-state index in [0.717, 1.165) is 5.56 Å². The Hall–Kier alpha value is -1.06. The first-order chi connectivity index (χ1) is 7.45. The summed E-state index contributed by atoms with van der Waals surface area (Å²) in [6.07, 6.45) is 0.211. The summed E-state index contributed by atoms with van der Waals surface area (Å²) < 4.78 is 4.79. The minimum atomic E-state index is -1.50. The van der Waals surface area contributed by atoms with Crippen LogP contribution in [0.5, 0.6) is 0 Å². The van der Waals surface area contributed by atoms with Crippen molar-refractivity contribution >= 4 is 17.6 Å². The van der Waals surface area contributed by atoms with E-state index in [1.165, 1.54) is 6.92 Å². The highest BCUT2D eigenvalue weighted by Crippen LogP contribution is 2.17. The number of carbonyl (C=O) groups is 1. The van der Waals surface area contributed by atoms with E-state index in [4.69, 9.17) is 16.3 Å². The topological polar surface area (TPSA) is 46.5 Å². The molecule has 88 valence electrons. The monoisotopic (exact) mass is 242 g/mol. The zero-order valence-corrected chi connectivity index (χ0v) is 10.1. The van der Waals surface area contributed by atoms with Gasteiger partial charge in [0.1, 0.15) is 0 Å². The minimum absolute atomic E-state index is 0.211. The fourth-order valence-corrected chi connectivity index (χ4v) is 1.48. The molecule has 0 heterocycles. The average Bonchev–Trinajstić information content (AvgIpc) is 2.21. The molecule has 0 aliphatic rings. The van der Waals surface area contributed by atoms with Crippen LogP contribution < -0.4 is 0 Å². The molecule has 0 spiro atoms. The third-order valence-electron chi connectivity index (χ3n) is 2.18. The number of benzene rings is 1. The van der Waals surface area contributed by atoms with Gasteiger partial charge in [-0.15, -0.1) is 0 Å². The van der Waals surface area contributed by atoms with Crippen molar-refractivity contribution in [2.24, 2.45) is 0 Å². The van der Waals surface area contributed by atoms with Crippen LogP contribution in [0, 0.1) is 0 Å². The van der Waals surface area contributed by atoms with Gasteiger partial charge < -0.3 is 9.84 Å². The molecular weight excluding hydrogens is 228 g/mol. The summed E-state index contributed by atoms with van der Waals surface area (Å²) in [5, 5.41) is 10.6. The lowest BCUT2D eigenvalue weighted by Crippen LogP contribution is -2.39. The molecule has 0 saturated heterocycles. The minimum Gasteiger partial charge on any atom is -0.464 e. The largest absolute Gasteiger partial charge is 0.464 e. The number of esters is 1. The molecule has 0 unspecified atom stereocenters. The number of aliphatic hydroxyl groups is 1. The van der Waals surface area contributed by atoms with E-state index >= 15 is 0 Å². The van der Waals surface area contributed by atoms with Crippen molar-refractivity contribution in [3.8, 4) is 0 Å². The van der Waals surface area contributed by atoms with E-state index in [9.17, 15) is 9.90 Å². The van der Waals surface area contributed by atoms with Crippen molar-refractivity contribution in [2.75, 3.05) is 6.61 Å². The molecule has 1 N–H and O–H groups in total. The first-order valence-corrected chi connectivity index (χ1v) is 5.47. The molecule has 0 aromatic heterocycles. The molecule has 4 heteroatoms. The van der Waals surface area contributed by atoms with Gasteiger partial charge in [0.05, 0.1) is 6.61 Å². The Kier molecular flexibility index (Phi) is 4.33. The molecule has 1 aromatic carbocycles. The maximum Gasteiger partial charge on any atom is 0.338 e. The van der Waals surface area contributed by atoms with E-state index < -0.39 is 11.6 Å². The van der Waals surface area contributed by atoms with Gasteiger partial charge in [0.15, 0.2) is 5.60 Å². The van der Waals surface area contributed by atoms with Gasteiger partial charge in [0, 0.05) is 11.4 Å². The Bertz CT molecular complexity index is 357. The van der Waals surface area contributed by atoms with Crippen LogP contribution in [0.25, 0.3) is 0 Å². The highest BCUT2D eigenvalue weighted by molar-refractivity contribution is 6.30. The van der Waals surface area contributed by atoms with Crippen LogP contribution in [0.3, 0.4) is 0 Å². The highest BCUT2D eigenvalue weighted by Gasteiger charge is 2.31. The number of carbonyl (C=O) groups excluding carboxylic acids is 1. The van der Waals surface area contributed by atoms with E-state index in [0.29, 0.717) is 5.02 Å². The average molecular weight is 243 g/mol. The predicted molar refractivity (Wildman–Crippen MR) is 62.4 cm³/mol. The molecule has 1 rings (SSSR count). The molecule has 0 fully saturated rings. The molecule has 3 nitrogen and oxygen atoms in total. The van der Waals surface area contributed by atoms with Crippen LogP contribution in [0.15, 0.2) is 24.3 Å². The molecule has 16 heavy (non-hydrogen) atoms. The van der Waals surface area contributed by atoms with Gasteiger partial charge >= 0.3 is 5.97 Å². The van der Waals surface area contributed by atoms with Crippen LogP contribution in [-0.4, -0.2) is 23.3 Å². The Morgan fingerprint density at radius 3 is 2.50 bits per heavy atom. The number of halogens is 1.